The van der Waals surface area contributed by atoms with Crippen LogP contribution in [0.2, 0.25) is 0 Å². The summed E-state index contributed by atoms with van der Waals surface area (Å²) in [5.74, 6) is 1.46. The minimum absolute atomic E-state index is 0.0145. The molecule has 3 aliphatic rings. The van der Waals surface area contributed by atoms with Crippen molar-refractivity contribution in [1.29, 1.82) is 0 Å². The summed E-state index contributed by atoms with van der Waals surface area (Å²) in [7, 11) is 0. The summed E-state index contributed by atoms with van der Waals surface area (Å²) in [5, 5.41) is 2.92. The fourth-order valence-corrected chi connectivity index (χ4v) is 3.12. The van der Waals surface area contributed by atoms with Crippen molar-refractivity contribution in [3.63, 3.8) is 0 Å². The van der Waals surface area contributed by atoms with Gasteiger partial charge < -0.3 is 10.2 Å². The van der Waals surface area contributed by atoms with E-state index in [1.165, 1.54) is 12.8 Å². The van der Waals surface area contributed by atoms with Crippen molar-refractivity contribution in [2.24, 2.45) is 0 Å². The van der Waals surface area contributed by atoms with E-state index in [1.54, 1.807) is 12.4 Å². The van der Waals surface area contributed by atoms with Crippen molar-refractivity contribution in [3.8, 4) is 0 Å². The highest BCUT2D eigenvalue weighted by atomic mass is 16.2. The Morgan fingerprint density at radius 3 is 2.70 bits per heavy atom. The molecule has 4 rings (SSSR count). The number of nitrogens with one attached hydrogen (secondary N) is 1. The van der Waals surface area contributed by atoms with Gasteiger partial charge in [0.2, 0.25) is 0 Å². The minimum atomic E-state index is -0.0145. The summed E-state index contributed by atoms with van der Waals surface area (Å²) < 4.78 is 0. The van der Waals surface area contributed by atoms with Gasteiger partial charge in [0.05, 0.1) is 18.1 Å². The molecule has 6 heteroatoms. The third kappa shape index (κ3) is 2.24. The van der Waals surface area contributed by atoms with Gasteiger partial charge >= 0.3 is 6.03 Å². The first kappa shape index (κ1) is 12.1. The maximum absolute atomic E-state index is 12.3. The normalized spacial score (nSPS) is 28.5. The zero-order valence-corrected chi connectivity index (χ0v) is 11.5. The number of fused-ring (bicyclic) bond motifs is 2. The molecule has 0 spiro atoms. The molecule has 3 fully saturated rings. The van der Waals surface area contributed by atoms with Gasteiger partial charge in [0.15, 0.2) is 0 Å². The lowest BCUT2D eigenvalue weighted by atomic mass is 10.2. The molecule has 2 atom stereocenters. The van der Waals surface area contributed by atoms with Crippen molar-refractivity contribution in [2.75, 3.05) is 31.5 Å². The number of anilines is 1. The molecule has 1 N–H and O–H groups in total. The van der Waals surface area contributed by atoms with E-state index in [1.807, 2.05) is 4.90 Å². The first-order valence-electron chi connectivity index (χ1n) is 7.41. The topological polar surface area (TPSA) is 61.4 Å². The van der Waals surface area contributed by atoms with Gasteiger partial charge in [-0.3, -0.25) is 4.90 Å². The quantitative estimate of drug-likeness (QED) is 0.881. The van der Waals surface area contributed by atoms with Crippen LogP contribution in [0.15, 0.2) is 12.4 Å². The van der Waals surface area contributed by atoms with Crippen LogP contribution in [0.1, 0.15) is 31.0 Å². The summed E-state index contributed by atoms with van der Waals surface area (Å²) >= 11 is 0. The lowest BCUT2D eigenvalue weighted by molar-refractivity contribution is 0.153. The van der Waals surface area contributed by atoms with E-state index < -0.39 is 0 Å². The minimum Gasteiger partial charge on any atom is -0.319 e. The third-order valence-electron chi connectivity index (χ3n) is 4.47. The average molecular weight is 273 g/mol. The number of nitrogens with zero attached hydrogens (tertiary/aromatic N) is 4. The van der Waals surface area contributed by atoms with Crippen molar-refractivity contribution in [1.82, 2.24) is 19.8 Å². The molecule has 2 saturated heterocycles. The zero-order chi connectivity index (χ0) is 13.5. The van der Waals surface area contributed by atoms with Crippen LogP contribution in [0.25, 0.3) is 0 Å². The summed E-state index contributed by atoms with van der Waals surface area (Å²) in [6.07, 6.45) is 6.92. The maximum atomic E-state index is 12.3. The van der Waals surface area contributed by atoms with Crippen LogP contribution < -0.4 is 5.32 Å². The molecule has 3 heterocycles. The van der Waals surface area contributed by atoms with E-state index >= 15 is 0 Å². The van der Waals surface area contributed by atoms with E-state index in [4.69, 9.17) is 0 Å². The predicted octanol–water partition coefficient (Wildman–Crippen LogP) is 1.28. The van der Waals surface area contributed by atoms with Crippen molar-refractivity contribution in [2.45, 2.75) is 31.2 Å². The van der Waals surface area contributed by atoms with Crippen LogP contribution in [0, 0.1) is 0 Å². The molecule has 2 amide bonds. The largest absolute Gasteiger partial charge is 0.322 e. The van der Waals surface area contributed by atoms with Crippen LogP contribution in [-0.4, -0.2) is 58.0 Å². The number of carbonyl (C=O) groups excluding carboxylic acids is 1. The van der Waals surface area contributed by atoms with Crippen molar-refractivity contribution >= 4 is 11.7 Å². The fourth-order valence-electron chi connectivity index (χ4n) is 3.12. The van der Waals surface area contributed by atoms with Crippen LogP contribution in [0.4, 0.5) is 10.5 Å². The summed E-state index contributed by atoms with van der Waals surface area (Å²) in [4.78, 5) is 25.4. The highest BCUT2D eigenvalue weighted by Crippen LogP contribution is 2.37. The molecule has 2 aliphatic heterocycles. The van der Waals surface area contributed by atoms with Crippen LogP contribution in [0.5, 0.6) is 0 Å². The van der Waals surface area contributed by atoms with E-state index in [9.17, 15) is 4.79 Å². The standard InChI is InChI=1S/C14H19N5O/c20-14(19-6-5-18-4-3-12(19)9-18)17-11-7-15-13(16-8-11)10-1-2-10/h7-8,10,12H,1-6,9H2,(H,17,20). The second kappa shape index (κ2) is 4.70. The number of hydrogen-bond acceptors (Lipinski definition) is 4. The molecule has 2 unspecified atom stereocenters. The van der Waals surface area contributed by atoms with Crippen LogP contribution in [-0.2, 0) is 0 Å². The molecule has 1 saturated carbocycles. The van der Waals surface area contributed by atoms with Gasteiger partial charge in [0, 0.05) is 38.1 Å². The van der Waals surface area contributed by atoms with E-state index in [-0.39, 0.29) is 6.03 Å². The summed E-state index contributed by atoms with van der Waals surface area (Å²) in [6.45, 7) is 3.94. The van der Waals surface area contributed by atoms with E-state index in [0.717, 1.165) is 38.4 Å². The molecule has 1 aliphatic carbocycles. The zero-order valence-electron chi connectivity index (χ0n) is 11.5. The lowest BCUT2D eigenvalue weighted by Gasteiger charge is -2.34. The Hall–Kier alpha value is -1.69. The molecular weight excluding hydrogens is 254 g/mol. The van der Waals surface area contributed by atoms with Gasteiger partial charge in [-0.25, -0.2) is 14.8 Å². The predicted molar refractivity (Wildman–Crippen MR) is 74.6 cm³/mol. The Balaban J connectivity index is 1.41. The number of rotatable bonds is 2. The van der Waals surface area contributed by atoms with Gasteiger partial charge in [-0.1, -0.05) is 0 Å². The second-order valence-corrected chi connectivity index (χ2v) is 5.97. The Morgan fingerprint density at radius 2 is 1.95 bits per heavy atom. The van der Waals surface area contributed by atoms with Crippen molar-refractivity contribution in [3.05, 3.63) is 18.2 Å². The lowest BCUT2D eigenvalue weighted by Crippen LogP contribution is -2.51. The first-order valence-corrected chi connectivity index (χ1v) is 7.41. The highest BCUT2D eigenvalue weighted by Gasteiger charge is 2.35. The highest BCUT2D eigenvalue weighted by molar-refractivity contribution is 5.89. The van der Waals surface area contributed by atoms with Crippen LogP contribution >= 0.6 is 0 Å². The molecular formula is C14H19N5O. The molecule has 0 aromatic carbocycles. The maximum Gasteiger partial charge on any atom is 0.322 e. The average Bonchev–Trinajstić information content (AvgIpc) is 3.25. The fraction of sp³-hybridized carbons (Fsp3) is 0.643. The number of amides is 2. The Bertz CT molecular complexity index is 513. The third-order valence-corrected chi connectivity index (χ3v) is 4.47. The summed E-state index contributed by atoms with van der Waals surface area (Å²) in [5.41, 5.74) is 0.694. The second-order valence-electron chi connectivity index (χ2n) is 5.97. The van der Waals surface area contributed by atoms with Gasteiger partial charge in [0.25, 0.3) is 0 Å². The van der Waals surface area contributed by atoms with Gasteiger partial charge in [-0.05, 0) is 19.3 Å². The molecule has 6 nitrogen and oxygen atoms in total. The van der Waals surface area contributed by atoms with Crippen molar-refractivity contribution < 1.29 is 4.79 Å². The molecule has 1 aromatic heterocycles. The number of urea groups is 1. The van der Waals surface area contributed by atoms with E-state index in [2.05, 4.69) is 20.2 Å². The smallest absolute Gasteiger partial charge is 0.319 e. The molecule has 106 valence electrons. The number of aromatic nitrogens is 2. The number of hydrogen-bond donors (Lipinski definition) is 1. The number of piperazine rings is 1. The van der Waals surface area contributed by atoms with E-state index in [0.29, 0.717) is 17.6 Å². The Kier molecular flexibility index (Phi) is 2.84. The number of carbonyl (C=O) groups is 1. The molecule has 20 heavy (non-hydrogen) atoms. The first-order chi connectivity index (χ1) is 9.79. The Morgan fingerprint density at radius 1 is 1.15 bits per heavy atom. The Labute approximate surface area is 118 Å². The van der Waals surface area contributed by atoms with Gasteiger partial charge in [-0.15, -0.1) is 0 Å². The SMILES string of the molecule is O=C(Nc1cnc(C2CC2)nc1)N1CCN2CCC1C2. The monoisotopic (exact) mass is 273 g/mol. The van der Waals surface area contributed by atoms with Gasteiger partial charge in [-0.2, -0.15) is 0 Å². The molecule has 1 aromatic rings. The summed E-state index contributed by atoms with van der Waals surface area (Å²) in [6, 6.07) is 0.356. The molecule has 2 bridgehead atoms. The van der Waals surface area contributed by atoms with Crippen LogP contribution in [0.3, 0.4) is 0 Å². The van der Waals surface area contributed by atoms with Gasteiger partial charge in [0.1, 0.15) is 5.82 Å². The molecule has 0 radical (unpaired) electrons.